The molecule has 104 valence electrons. The Morgan fingerprint density at radius 3 is 2.84 bits per heavy atom. The van der Waals surface area contributed by atoms with Crippen molar-refractivity contribution in [3.8, 4) is 0 Å². The predicted molar refractivity (Wildman–Crippen MR) is 78.4 cm³/mol. The Balaban J connectivity index is 2.37. The molecule has 0 saturated heterocycles. The minimum atomic E-state index is -0.0819. The van der Waals surface area contributed by atoms with E-state index in [-0.39, 0.29) is 5.91 Å². The number of anilines is 1. The molecule has 0 aliphatic carbocycles. The second-order valence-corrected chi connectivity index (χ2v) is 4.51. The van der Waals surface area contributed by atoms with Crippen molar-refractivity contribution in [1.29, 1.82) is 0 Å². The van der Waals surface area contributed by atoms with E-state index in [4.69, 9.17) is 0 Å². The van der Waals surface area contributed by atoms with E-state index in [1.807, 2.05) is 14.1 Å². The molecule has 19 heavy (non-hydrogen) atoms. The fraction of sp³-hybridized carbons (Fsp3) is 0.429. The molecule has 0 radical (unpaired) electrons. The van der Waals surface area contributed by atoms with Crippen LogP contribution in [0.5, 0.6) is 0 Å². The number of nitrogens with one attached hydrogen (secondary N) is 2. The third kappa shape index (κ3) is 6.01. The molecule has 0 fully saturated rings. The lowest BCUT2D eigenvalue weighted by molar-refractivity contribution is 0.0952. The molecule has 1 aromatic rings. The summed E-state index contributed by atoms with van der Waals surface area (Å²) in [5, 5.41) is 5.93. The highest BCUT2D eigenvalue weighted by atomic mass is 16.1. The Morgan fingerprint density at radius 2 is 2.26 bits per heavy atom. The monoisotopic (exact) mass is 262 g/mol. The molecule has 5 nitrogen and oxygen atoms in total. The molecule has 0 aliphatic heterocycles. The van der Waals surface area contributed by atoms with Gasteiger partial charge in [-0.25, -0.2) is 4.98 Å². The molecule has 0 spiro atoms. The summed E-state index contributed by atoms with van der Waals surface area (Å²) < 4.78 is 0. The maximum absolute atomic E-state index is 11.8. The minimum Gasteiger partial charge on any atom is -0.367 e. The zero-order chi connectivity index (χ0) is 14.1. The van der Waals surface area contributed by atoms with Crippen molar-refractivity contribution in [1.82, 2.24) is 15.2 Å². The Bertz CT molecular complexity index is 400. The Hall–Kier alpha value is -1.88. The van der Waals surface area contributed by atoms with E-state index in [0.29, 0.717) is 18.7 Å². The molecule has 1 amide bonds. The van der Waals surface area contributed by atoms with Crippen LogP contribution in [0.2, 0.25) is 0 Å². The molecule has 0 unspecified atom stereocenters. The largest absolute Gasteiger partial charge is 0.367 e. The van der Waals surface area contributed by atoms with Crippen LogP contribution in [0, 0.1) is 0 Å². The lowest BCUT2D eigenvalue weighted by atomic mass is 10.2. The fourth-order valence-corrected chi connectivity index (χ4v) is 1.51. The second-order valence-electron chi connectivity index (χ2n) is 4.51. The number of nitrogens with zero attached hydrogens (tertiary/aromatic N) is 2. The first kappa shape index (κ1) is 15.2. The summed E-state index contributed by atoms with van der Waals surface area (Å²) >= 11 is 0. The van der Waals surface area contributed by atoms with Gasteiger partial charge in [0, 0.05) is 19.3 Å². The van der Waals surface area contributed by atoms with Gasteiger partial charge in [-0.1, -0.05) is 6.08 Å². The molecule has 1 aromatic heterocycles. The maximum Gasteiger partial charge on any atom is 0.252 e. The average Bonchev–Trinajstić information content (AvgIpc) is 2.41. The minimum absolute atomic E-state index is 0.0819. The number of aromatic nitrogens is 1. The van der Waals surface area contributed by atoms with Crippen LogP contribution >= 0.6 is 0 Å². The quantitative estimate of drug-likeness (QED) is 0.548. The van der Waals surface area contributed by atoms with Gasteiger partial charge in [0.2, 0.25) is 0 Å². The standard InChI is InChI=1S/C14H22N4O/c1-4-8-15-13-7-6-12(11-17-13)14(19)16-9-5-10-18(2)3/h4,6-7,11H,1,5,8-10H2,2-3H3,(H,15,17)(H,16,19). The Kier molecular flexibility index (Phi) is 6.60. The Labute approximate surface area is 114 Å². The summed E-state index contributed by atoms with van der Waals surface area (Å²) in [7, 11) is 4.03. The van der Waals surface area contributed by atoms with Gasteiger partial charge >= 0.3 is 0 Å². The van der Waals surface area contributed by atoms with E-state index >= 15 is 0 Å². The lowest BCUT2D eigenvalue weighted by Gasteiger charge is -2.10. The third-order valence-electron chi connectivity index (χ3n) is 2.52. The molecule has 0 aliphatic rings. The van der Waals surface area contributed by atoms with Gasteiger partial charge in [0.05, 0.1) is 5.56 Å². The summed E-state index contributed by atoms with van der Waals surface area (Å²) in [6.45, 7) is 5.91. The van der Waals surface area contributed by atoms with Crippen LogP contribution in [0.4, 0.5) is 5.82 Å². The van der Waals surface area contributed by atoms with Crippen LogP contribution in [-0.4, -0.2) is 49.5 Å². The molecule has 1 rings (SSSR count). The number of hydrogen-bond acceptors (Lipinski definition) is 4. The number of pyridine rings is 1. The zero-order valence-electron chi connectivity index (χ0n) is 11.6. The van der Waals surface area contributed by atoms with E-state index in [9.17, 15) is 4.79 Å². The first-order chi connectivity index (χ1) is 9.13. The Morgan fingerprint density at radius 1 is 1.47 bits per heavy atom. The summed E-state index contributed by atoms with van der Waals surface area (Å²) in [6.07, 6.45) is 4.27. The van der Waals surface area contributed by atoms with Gasteiger partial charge in [0.25, 0.3) is 5.91 Å². The van der Waals surface area contributed by atoms with Gasteiger partial charge in [-0.3, -0.25) is 4.79 Å². The molecule has 1 heterocycles. The molecular weight excluding hydrogens is 240 g/mol. The van der Waals surface area contributed by atoms with E-state index in [0.717, 1.165) is 18.8 Å². The van der Waals surface area contributed by atoms with Crippen molar-refractivity contribution in [2.24, 2.45) is 0 Å². The number of hydrogen-bond donors (Lipinski definition) is 2. The number of carbonyl (C=O) groups is 1. The summed E-state index contributed by atoms with van der Waals surface area (Å²) in [4.78, 5) is 18.1. The van der Waals surface area contributed by atoms with Crippen LogP contribution in [-0.2, 0) is 0 Å². The van der Waals surface area contributed by atoms with Crippen LogP contribution in [0.15, 0.2) is 31.0 Å². The first-order valence-electron chi connectivity index (χ1n) is 6.37. The van der Waals surface area contributed by atoms with Gasteiger partial charge < -0.3 is 15.5 Å². The van der Waals surface area contributed by atoms with Crippen LogP contribution in [0.1, 0.15) is 16.8 Å². The molecule has 0 bridgehead atoms. The summed E-state index contributed by atoms with van der Waals surface area (Å²) in [6, 6.07) is 3.55. The highest BCUT2D eigenvalue weighted by Gasteiger charge is 2.05. The van der Waals surface area contributed by atoms with E-state index in [1.54, 1.807) is 24.4 Å². The van der Waals surface area contributed by atoms with Crippen molar-refractivity contribution in [2.75, 3.05) is 39.0 Å². The van der Waals surface area contributed by atoms with Crippen LogP contribution in [0.25, 0.3) is 0 Å². The highest BCUT2D eigenvalue weighted by Crippen LogP contribution is 2.04. The van der Waals surface area contributed by atoms with Crippen molar-refractivity contribution in [3.63, 3.8) is 0 Å². The molecular formula is C14H22N4O. The topological polar surface area (TPSA) is 57.3 Å². The normalized spacial score (nSPS) is 10.3. The van der Waals surface area contributed by atoms with Gasteiger partial charge in [-0.2, -0.15) is 0 Å². The van der Waals surface area contributed by atoms with E-state index in [2.05, 4.69) is 27.1 Å². The SMILES string of the molecule is C=CCNc1ccc(C(=O)NCCCN(C)C)cn1. The average molecular weight is 262 g/mol. The van der Waals surface area contributed by atoms with E-state index < -0.39 is 0 Å². The van der Waals surface area contributed by atoms with Crippen molar-refractivity contribution >= 4 is 11.7 Å². The van der Waals surface area contributed by atoms with Crippen molar-refractivity contribution in [2.45, 2.75) is 6.42 Å². The van der Waals surface area contributed by atoms with Gasteiger partial charge in [-0.05, 0) is 39.2 Å². The van der Waals surface area contributed by atoms with Crippen LogP contribution < -0.4 is 10.6 Å². The summed E-state index contributed by atoms with van der Waals surface area (Å²) in [5.74, 6) is 0.658. The molecule has 0 saturated carbocycles. The molecule has 5 heteroatoms. The predicted octanol–water partition coefficient (Wildman–Crippen LogP) is 1.36. The van der Waals surface area contributed by atoms with Gasteiger partial charge in [0.1, 0.15) is 5.82 Å². The number of carbonyl (C=O) groups excluding carboxylic acids is 1. The highest BCUT2D eigenvalue weighted by molar-refractivity contribution is 5.94. The van der Waals surface area contributed by atoms with Crippen LogP contribution in [0.3, 0.4) is 0 Å². The third-order valence-corrected chi connectivity index (χ3v) is 2.52. The maximum atomic E-state index is 11.8. The van der Waals surface area contributed by atoms with Crippen molar-refractivity contribution < 1.29 is 4.79 Å². The number of amides is 1. The van der Waals surface area contributed by atoms with Crippen molar-refractivity contribution in [3.05, 3.63) is 36.5 Å². The smallest absolute Gasteiger partial charge is 0.252 e. The molecule has 0 atom stereocenters. The van der Waals surface area contributed by atoms with Gasteiger partial charge in [0.15, 0.2) is 0 Å². The number of rotatable bonds is 8. The second kappa shape index (κ2) is 8.26. The van der Waals surface area contributed by atoms with Gasteiger partial charge in [-0.15, -0.1) is 6.58 Å². The first-order valence-corrected chi connectivity index (χ1v) is 6.37. The van der Waals surface area contributed by atoms with E-state index in [1.165, 1.54) is 0 Å². The molecule has 0 aromatic carbocycles. The lowest BCUT2D eigenvalue weighted by Crippen LogP contribution is -2.27. The fourth-order valence-electron chi connectivity index (χ4n) is 1.51. The summed E-state index contributed by atoms with van der Waals surface area (Å²) in [5.41, 5.74) is 0.578. The zero-order valence-corrected chi connectivity index (χ0v) is 11.6. The molecule has 2 N–H and O–H groups in total.